The number of amides is 1. The zero-order valence-corrected chi connectivity index (χ0v) is 11.9. The number of fused-ring (bicyclic) bond motifs is 2. The lowest BCUT2D eigenvalue weighted by molar-refractivity contribution is 0.0635. The third-order valence-electron chi connectivity index (χ3n) is 3.87. The van der Waals surface area contributed by atoms with E-state index in [0.29, 0.717) is 0 Å². The van der Waals surface area contributed by atoms with Crippen molar-refractivity contribution in [3.63, 3.8) is 0 Å². The van der Waals surface area contributed by atoms with Crippen LogP contribution in [0.25, 0.3) is 0 Å². The monoisotopic (exact) mass is 259 g/mol. The highest BCUT2D eigenvalue weighted by atomic mass is 16.6. The molecule has 1 aromatic rings. The minimum absolute atomic E-state index is 0.332. The summed E-state index contributed by atoms with van der Waals surface area (Å²) < 4.78 is 5.37. The standard InChI is InChI=1S/C16H21NO2/c1-16(2,3)19-15(18)17-14-12-6-4-5-10(12)9-11-7-8-13(11)14/h9H,4-8H2,1-3H3,(H,17,18). The van der Waals surface area contributed by atoms with Gasteiger partial charge in [0.15, 0.2) is 0 Å². The first kappa shape index (κ1) is 12.5. The van der Waals surface area contributed by atoms with Crippen LogP contribution in [0.3, 0.4) is 0 Å². The number of nitrogens with one attached hydrogen (secondary N) is 1. The topological polar surface area (TPSA) is 38.3 Å². The van der Waals surface area contributed by atoms with E-state index in [9.17, 15) is 4.79 Å². The smallest absolute Gasteiger partial charge is 0.412 e. The first-order valence-corrected chi connectivity index (χ1v) is 7.10. The molecule has 2 aliphatic carbocycles. The van der Waals surface area contributed by atoms with Gasteiger partial charge in [0.2, 0.25) is 0 Å². The Morgan fingerprint density at radius 3 is 2.42 bits per heavy atom. The van der Waals surface area contributed by atoms with E-state index < -0.39 is 5.60 Å². The Hall–Kier alpha value is -1.51. The summed E-state index contributed by atoms with van der Waals surface area (Å²) in [5.41, 5.74) is 6.09. The molecule has 1 amide bonds. The van der Waals surface area contributed by atoms with Gasteiger partial charge >= 0.3 is 6.09 Å². The predicted molar refractivity (Wildman–Crippen MR) is 75.7 cm³/mol. The van der Waals surface area contributed by atoms with Crippen LogP contribution < -0.4 is 5.32 Å². The molecular weight excluding hydrogens is 238 g/mol. The van der Waals surface area contributed by atoms with Crippen molar-refractivity contribution in [3.05, 3.63) is 28.3 Å². The Labute approximate surface area is 114 Å². The molecule has 0 radical (unpaired) electrons. The fourth-order valence-corrected chi connectivity index (χ4v) is 3.00. The lowest BCUT2D eigenvalue weighted by Crippen LogP contribution is -2.28. The minimum atomic E-state index is -0.449. The molecule has 0 saturated heterocycles. The van der Waals surface area contributed by atoms with E-state index in [1.807, 2.05) is 20.8 Å². The fourth-order valence-electron chi connectivity index (χ4n) is 3.00. The van der Waals surface area contributed by atoms with Gasteiger partial charge in [-0.1, -0.05) is 6.07 Å². The molecular formula is C16H21NO2. The van der Waals surface area contributed by atoms with E-state index in [1.54, 1.807) is 0 Å². The third-order valence-corrected chi connectivity index (χ3v) is 3.87. The normalized spacial score (nSPS) is 16.4. The molecule has 2 aliphatic rings. The van der Waals surface area contributed by atoms with Gasteiger partial charge in [-0.2, -0.15) is 0 Å². The second-order valence-electron chi connectivity index (χ2n) is 6.51. The average Bonchev–Trinajstić information content (AvgIpc) is 2.67. The lowest BCUT2D eigenvalue weighted by Gasteiger charge is -2.27. The minimum Gasteiger partial charge on any atom is -0.444 e. The Morgan fingerprint density at radius 2 is 1.79 bits per heavy atom. The molecule has 3 heteroatoms. The molecule has 0 spiro atoms. The van der Waals surface area contributed by atoms with Crippen LogP contribution in [0.1, 0.15) is 49.4 Å². The molecule has 0 heterocycles. The van der Waals surface area contributed by atoms with Gasteiger partial charge in [-0.05, 0) is 75.1 Å². The molecule has 3 nitrogen and oxygen atoms in total. The van der Waals surface area contributed by atoms with Gasteiger partial charge in [-0.15, -0.1) is 0 Å². The molecule has 0 fully saturated rings. The first-order valence-electron chi connectivity index (χ1n) is 7.10. The van der Waals surface area contributed by atoms with Gasteiger partial charge in [-0.3, -0.25) is 5.32 Å². The van der Waals surface area contributed by atoms with Crippen molar-refractivity contribution in [2.45, 2.75) is 58.5 Å². The maximum atomic E-state index is 12.0. The summed E-state index contributed by atoms with van der Waals surface area (Å²) in [6.07, 6.45) is 5.31. The number of carbonyl (C=O) groups excluding carboxylic acids is 1. The predicted octanol–water partition coefficient (Wildman–Crippen LogP) is 3.62. The number of aryl methyl sites for hydroxylation is 2. The van der Waals surface area contributed by atoms with Gasteiger partial charge in [0, 0.05) is 0 Å². The number of carbonyl (C=O) groups is 1. The first-order chi connectivity index (χ1) is 8.94. The zero-order chi connectivity index (χ0) is 13.6. The summed E-state index contributed by atoms with van der Waals surface area (Å²) in [6, 6.07) is 2.33. The van der Waals surface area contributed by atoms with Crippen molar-refractivity contribution in [2.24, 2.45) is 0 Å². The van der Waals surface area contributed by atoms with Crippen LogP contribution in [0.4, 0.5) is 10.5 Å². The molecule has 0 unspecified atom stereocenters. The number of rotatable bonds is 1. The molecule has 0 bridgehead atoms. The van der Waals surface area contributed by atoms with Crippen LogP contribution in [0.5, 0.6) is 0 Å². The third kappa shape index (κ3) is 2.34. The molecule has 19 heavy (non-hydrogen) atoms. The molecule has 102 valence electrons. The van der Waals surface area contributed by atoms with Gasteiger partial charge in [0.25, 0.3) is 0 Å². The highest BCUT2D eigenvalue weighted by Gasteiger charge is 2.27. The molecule has 1 aromatic carbocycles. The molecule has 3 rings (SSSR count). The zero-order valence-electron chi connectivity index (χ0n) is 11.9. The Morgan fingerprint density at radius 1 is 1.11 bits per heavy atom. The number of hydrogen-bond donors (Lipinski definition) is 1. The van der Waals surface area contributed by atoms with Crippen molar-refractivity contribution in [1.82, 2.24) is 0 Å². The second kappa shape index (κ2) is 4.26. The maximum absolute atomic E-state index is 12.0. The largest absolute Gasteiger partial charge is 0.444 e. The lowest BCUT2D eigenvalue weighted by atomic mass is 9.83. The summed E-state index contributed by atoms with van der Waals surface area (Å²) in [5.74, 6) is 0. The number of hydrogen-bond acceptors (Lipinski definition) is 2. The van der Waals surface area contributed by atoms with Crippen molar-refractivity contribution < 1.29 is 9.53 Å². The van der Waals surface area contributed by atoms with Crippen LogP contribution in [0.15, 0.2) is 6.07 Å². The molecule has 1 N–H and O–H groups in total. The highest BCUT2D eigenvalue weighted by Crippen LogP contribution is 2.39. The fraction of sp³-hybridized carbons (Fsp3) is 0.562. The average molecular weight is 259 g/mol. The van der Waals surface area contributed by atoms with Gasteiger partial charge in [0.05, 0.1) is 5.69 Å². The van der Waals surface area contributed by atoms with E-state index >= 15 is 0 Å². The summed E-state index contributed by atoms with van der Waals surface area (Å²) in [7, 11) is 0. The summed E-state index contributed by atoms with van der Waals surface area (Å²) in [5, 5.41) is 3.00. The van der Waals surface area contributed by atoms with Crippen LogP contribution >= 0.6 is 0 Å². The number of ether oxygens (including phenoxy) is 1. The van der Waals surface area contributed by atoms with Gasteiger partial charge in [0.1, 0.15) is 5.60 Å². The summed E-state index contributed by atoms with van der Waals surface area (Å²) in [4.78, 5) is 12.0. The van der Waals surface area contributed by atoms with E-state index in [2.05, 4.69) is 11.4 Å². The summed E-state index contributed by atoms with van der Waals surface area (Å²) in [6.45, 7) is 5.67. The van der Waals surface area contributed by atoms with E-state index in [-0.39, 0.29) is 6.09 Å². The second-order valence-corrected chi connectivity index (χ2v) is 6.51. The van der Waals surface area contributed by atoms with E-state index in [1.165, 1.54) is 28.7 Å². The Bertz CT molecular complexity index is 541. The van der Waals surface area contributed by atoms with Crippen molar-refractivity contribution in [2.75, 3.05) is 5.32 Å². The van der Waals surface area contributed by atoms with E-state index in [4.69, 9.17) is 4.74 Å². The molecule has 0 saturated carbocycles. The van der Waals surface area contributed by atoms with Crippen molar-refractivity contribution >= 4 is 11.8 Å². The SMILES string of the molecule is CC(C)(C)OC(=O)Nc1c2c(cc3c1CC3)CCC2. The van der Waals surface area contributed by atoms with Gasteiger partial charge in [-0.25, -0.2) is 4.79 Å². The molecule has 0 aromatic heterocycles. The van der Waals surface area contributed by atoms with Gasteiger partial charge < -0.3 is 4.74 Å². The molecule has 0 aliphatic heterocycles. The summed E-state index contributed by atoms with van der Waals surface area (Å²) >= 11 is 0. The van der Waals surface area contributed by atoms with Crippen LogP contribution in [-0.2, 0) is 30.4 Å². The Kier molecular flexibility index (Phi) is 2.80. The van der Waals surface area contributed by atoms with Crippen LogP contribution in [0.2, 0.25) is 0 Å². The van der Waals surface area contributed by atoms with Crippen molar-refractivity contribution in [1.29, 1.82) is 0 Å². The van der Waals surface area contributed by atoms with Crippen LogP contribution in [0, 0.1) is 0 Å². The molecule has 0 atom stereocenters. The Balaban J connectivity index is 1.87. The maximum Gasteiger partial charge on any atom is 0.412 e. The number of anilines is 1. The quantitative estimate of drug-likeness (QED) is 0.836. The highest BCUT2D eigenvalue weighted by molar-refractivity contribution is 5.88. The number of benzene rings is 1. The van der Waals surface area contributed by atoms with Crippen LogP contribution in [-0.4, -0.2) is 11.7 Å². The van der Waals surface area contributed by atoms with E-state index in [0.717, 1.165) is 31.4 Å². The van der Waals surface area contributed by atoms with Crippen molar-refractivity contribution in [3.8, 4) is 0 Å².